The first kappa shape index (κ1) is 19.5. The fourth-order valence-electron chi connectivity index (χ4n) is 3.82. The minimum absolute atomic E-state index is 0.00547. The number of likely N-dealkylation sites (tertiary alicyclic amines) is 2. The van der Waals surface area contributed by atoms with E-state index in [0.717, 1.165) is 44.3 Å². The van der Waals surface area contributed by atoms with Crippen molar-refractivity contribution in [3.8, 4) is 5.75 Å². The average molecular weight is 374 g/mol. The van der Waals surface area contributed by atoms with Gasteiger partial charge in [0.2, 0.25) is 0 Å². The SMILES string of the molecule is CC(C)(C)OC(=O)N1CCC(c2ccc(C(=O)N3CCCC3)cc2O)CC1. The molecule has 2 aliphatic rings. The van der Waals surface area contributed by atoms with Crippen LogP contribution in [-0.4, -0.2) is 58.7 Å². The van der Waals surface area contributed by atoms with Gasteiger partial charge in [0.25, 0.3) is 5.91 Å². The van der Waals surface area contributed by atoms with Crippen molar-refractivity contribution in [1.29, 1.82) is 0 Å². The molecule has 0 atom stereocenters. The van der Waals surface area contributed by atoms with Crippen molar-refractivity contribution in [2.75, 3.05) is 26.2 Å². The minimum Gasteiger partial charge on any atom is -0.508 e. The van der Waals surface area contributed by atoms with E-state index in [0.29, 0.717) is 18.7 Å². The summed E-state index contributed by atoms with van der Waals surface area (Å²) in [4.78, 5) is 28.2. The molecule has 3 rings (SSSR count). The summed E-state index contributed by atoms with van der Waals surface area (Å²) < 4.78 is 5.43. The summed E-state index contributed by atoms with van der Waals surface area (Å²) in [6.07, 6.45) is 3.35. The van der Waals surface area contributed by atoms with Gasteiger partial charge in [0.1, 0.15) is 11.4 Å². The first-order valence-corrected chi connectivity index (χ1v) is 9.85. The van der Waals surface area contributed by atoms with Gasteiger partial charge in [-0.05, 0) is 70.1 Å². The first-order valence-electron chi connectivity index (χ1n) is 9.85. The van der Waals surface area contributed by atoms with Gasteiger partial charge >= 0.3 is 6.09 Å². The van der Waals surface area contributed by atoms with Crippen LogP contribution in [0.1, 0.15) is 68.3 Å². The third kappa shape index (κ3) is 4.73. The molecule has 1 N–H and O–H groups in total. The lowest BCUT2D eigenvalue weighted by Gasteiger charge is -2.33. The van der Waals surface area contributed by atoms with Crippen LogP contribution in [0.15, 0.2) is 18.2 Å². The van der Waals surface area contributed by atoms with E-state index in [2.05, 4.69) is 0 Å². The molecule has 2 heterocycles. The third-order valence-corrected chi connectivity index (χ3v) is 5.26. The van der Waals surface area contributed by atoms with Crippen LogP contribution in [0.2, 0.25) is 0 Å². The van der Waals surface area contributed by atoms with Gasteiger partial charge in [-0.15, -0.1) is 0 Å². The van der Waals surface area contributed by atoms with E-state index in [-0.39, 0.29) is 23.7 Å². The molecule has 2 amide bonds. The highest BCUT2D eigenvalue weighted by Crippen LogP contribution is 2.35. The summed E-state index contributed by atoms with van der Waals surface area (Å²) >= 11 is 0. The number of rotatable bonds is 2. The monoisotopic (exact) mass is 374 g/mol. The third-order valence-electron chi connectivity index (χ3n) is 5.26. The van der Waals surface area contributed by atoms with Gasteiger partial charge < -0.3 is 19.6 Å². The molecule has 6 nitrogen and oxygen atoms in total. The zero-order valence-corrected chi connectivity index (χ0v) is 16.5. The number of hydrogen-bond acceptors (Lipinski definition) is 4. The molecule has 0 aliphatic carbocycles. The fourth-order valence-corrected chi connectivity index (χ4v) is 3.82. The highest BCUT2D eigenvalue weighted by Gasteiger charge is 2.29. The number of carbonyl (C=O) groups is 2. The number of amides is 2. The maximum Gasteiger partial charge on any atom is 0.410 e. The zero-order valence-electron chi connectivity index (χ0n) is 16.5. The molecule has 148 valence electrons. The van der Waals surface area contributed by atoms with Crippen LogP contribution >= 0.6 is 0 Å². The number of phenols is 1. The van der Waals surface area contributed by atoms with Crippen molar-refractivity contribution >= 4 is 12.0 Å². The number of hydrogen-bond donors (Lipinski definition) is 1. The Kier molecular flexibility index (Phi) is 5.63. The summed E-state index contributed by atoms with van der Waals surface area (Å²) in [6.45, 7) is 8.39. The summed E-state index contributed by atoms with van der Waals surface area (Å²) in [5.41, 5.74) is 0.908. The highest BCUT2D eigenvalue weighted by molar-refractivity contribution is 5.94. The Balaban J connectivity index is 1.61. The normalized spacial score (nSPS) is 18.6. The minimum atomic E-state index is -0.496. The molecule has 0 radical (unpaired) electrons. The van der Waals surface area contributed by atoms with Crippen LogP contribution in [-0.2, 0) is 4.74 Å². The molecule has 0 saturated carbocycles. The smallest absolute Gasteiger partial charge is 0.410 e. The van der Waals surface area contributed by atoms with Gasteiger partial charge in [0.15, 0.2) is 0 Å². The Labute approximate surface area is 161 Å². The Morgan fingerprint density at radius 2 is 1.67 bits per heavy atom. The van der Waals surface area contributed by atoms with Crippen molar-refractivity contribution in [1.82, 2.24) is 9.80 Å². The lowest BCUT2D eigenvalue weighted by atomic mass is 9.88. The first-order chi connectivity index (χ1) is 12.7. The van der Waals surface area contributed by atoms with Gasteiger partial charge in [0, 0.05) is 31.7 Å². The summed E-state index contributed by atoms with van der Waals surface area (Å²) in [6, 6.07) is 5.28. The van der Waals surface area contributed by atoms with Crippen molar-refractivity contribution in [3.63, 3.8) is 0 Å². The van der Waals surface area contributed by atoms with Crippen LogP contribution in [0.4, 0.5) is 4.79 Å². The second kappa shape index (κ2) is 7.79. The number of benzene rings is 1. The molecule has 0 spiro atoms. The number of nitrogens with zero attached hydrogens (tertiary/aromatic N) is 2. The second-order valence-electron chi connectivity index (χ2n) is 8.51. The molecule has 2 aliphatic heterocycles. The van der Waals surface area contributed by atoms with Crippen molar-refractivity contribution in [3.05, 3.63) is 29.3 Å². The quantitative estimate of drug-likeness (QED) is 0.856. The predicted octanol–water partition coefficient (Wildman–Crippen LogP) is 3.74. The van der Waals surface area contributed by atoms with Gasteiger partial charge in [-0.25, -0.2) is 4.79 Å². The number of aromatic hydroxyl groups is 1. The lowest BCUT2D eigenvalue weighted by molar-refractivity contribution is 0.0204. The van der Waals surface area contributed by atoms with Crippen LogP contribution < -0.4 is 0 Å². The molecule has 0 unspecified atom stereocenters. The van der Waals surface area contributed by atoms with Crippen LogP contribution in [0.5, 0.6) is 5.75 Å². The van der Waals surface area contributed by atoms with E-state index < -0.39 is 5.60 Å². The molecule has 2 saturated heterocycles. The lowest BCUT2D eigenvalue weighted by Crippen LogP contribution is -2.41. The van der Waals surface area contributed by atoms with E-state index in [4.69, 9.17) is 4.74 Å². The van der Waals surface area contributed by atoms with Gasteiger partial charge in [0.05, 0.1) is 0 Å². The fraction of sp³-hybridized carbons (Fsp3) is 0.619. The molecule has 0 bridgehead atoms. The molecule has 0 aromatic heterocycles. The van der Waals surface area contributed by atoms with Crippen LogP contribution in [0.25, 0.3) is 0 Å². The number of phenolic OH excluding ortho intramolecular Hbond substituents is 1. The van der Waals surface area contributed by atoms with E-state index in [1.807, 2.05) is 37.8 Å². The van der Waals surface area contributed by atoms with Crippen LogP contribution in [0, 0.1) is 0 Å². The number of carbonyl (C=O) groups excluding carboxylic acids is 2. The van der Waals surface area contributed by atoms with E-state index >= 15 is 0 Å². The predicted molar refractivity (Wildman–Crippen MR) is 103 cm³/mol. The zero-order chi connectivity index (χ0) is 19.6. The largest absolute Gasteiger partial charge is 0.508 e. The Hall–Kier alpha value is -2.24. The maximum atomic E-state index is 12.5. The van der Waals surface area contributed by atoms with Crippen molar-refractivity contribution in [2.24, 2.45) is 0 Å². The molecule has 1 aromatic rings. The molecule has 6 heteroatoms. The molecular formula is C21H30N2O4. The topological polar surface area (TPSA) is 70.1 Å². The van der Waals surface area contributed by atoms with Gasteiger partial charge in [-0.1, -0.05) is 6.07 Å². The number of ether oxygens (including phenoxy) is 1. The summed E-state index contributed by atoms with van der Waals surface area (Å²) in [7, 11) is 0. The van der Waals surface area contributed by atoms with Gasteiger partial charge in [-0.2, -0.15) is 0 Å². The highest BCUT2D eigenvalue weighted by atomic mass is 16.6. The van der Waals surface area contributed by atoms with E-state index in [1.54, 1.807) is 11.0 Å². The van der Waals surface area contributed by atoms with Crippen molar-refractivity contribution in [2.45, 2.75) is 58.0 Å². The summed E-state index contributed by atoms with van der Waals surface area (Å²) in [5, 5.41) is 10.5. The van der Waals surface area contributed by atoms with Crippen LogP contribution in [0.3, 0.4) is 0 Å². The van der Waals surface area contributed by atoms with Gasteiger partial charge in [-0.3, -0.25) is 4.79 Å². The van der Waals surface area contributed by atoms with Crippen molar-refractivity contribution < 1.29 is 19.4 Å². The maximum absolute atomic E-state index is 12.5. The molecule has 27 heavy (non-hydrogen) atoms. The molecular weight excluding hydrogens is 344 g/mol. The molecule has 1 aromatic carbocycles. The Morgan fingerprint density at radius 3 is 2.22 bits per heavy atom. The second-order valence-corrected chi connectivity index (χ2v) is 8.51. The molecule has 2 fully saturated rings. The Morgan fingerprint density at radius 1 is 1.04 bits per heavy atom. The number of piperidine rings is 1. The Bertz CT molecular complexity index is 697. The summed E-state index contributed by atoms with van der Waals surface area (Å²) in [5.74, 6) is 0.351. The van der Waals surface area contributed by atoms with E-state index in [9.17, 15) is 14.7 Å². The standard InChI is InChI=1S/C21H30N2O4/c1-21(2,3)27-20(26)23-12-8-15(9-13-23)17-7-6-16(14-18(17)24)19(25)22-10-4-5-11-22/h6-7,14-15,24H,4-5,8-13H2,1-3H3. The average Bonchev–Trinajstić information content (AvgIpc) is 3.14. The van der Waals surface area contributed by atoms with E-state index in [1.165, 1.54) is 0 Å².